The number of benzene rings is 3. The number of hydrogen-bond acceptors (Lipinski definition) is 5. The van der Waals surface area contributed by atoms with E-state index in [-0.39, 0.29) is 23.2 Å². The van der Waals surface area contributed by atoms with E-state index in [0.717, 1.165) is 9.87 Å². The first-order valence-electron chi connectivity index (χ1n) is 10.7. The number of nitrogens with one attached hydrogen (secondary N) is 1. The molecule has 2 aliphatic rings. The van der Waals surface area contributed by atoms with Crippen molar-refractivity contribution in [2.24, 2.45) is 0 Å². The van der Waals surface area contributed by atoms with E-state index in [1.54, 1.807) is 18.2 Å². The summed E-state index contributed by atoms with van der Waals surface area (Å²) in [4.78, 5) is 13.3. The fourth-order valence-corrected chi connectivity index (χ4v) is 5.02. The molecule has 1 heterocycles. The number of sulfonamides is 1. The SMILES string of the molecule is CN(C)S(=O)(=O)c1cccc(-c2cc(NC(=O)C3(c4ccc5c(c4)OCO5)CC3)ccc2F)c1. The number of amides is 1. The number of nitrogens with zero attached hydrogens (tertiary/aromatic N) is 1. The summed E-state index contributed by atoms with van der Waals surface area (Å²) in [7, 11) is -0.799. The van der Waals surface area contributed by atoms with E-state index >= 15 is 0 Å². The molecule has 0 atom stereocenters. The average molecular weight is 483 g/mol. The molecule has 3 aromatic carbocycles. The molecule has 34 heavy (non-hydrogen) atoms. The van der Waals surface area contributed by atoms with Crippen LogP contribution >= 0.6 is 0 Å². The van der Waals surface area contributed by atoms with Gasteiger partial charge in [0.05, 0.1) is 10.3 Å². The van der Waals surface area contributed by atoms with Crippen LogP contribution in [-0.4, -0.2) is 39.5 Å². The molecule has 1 aliphatic heterocycles. The maximum Gasteiger partial charge on any atom is 0.242 e. The van der Waals surface area contributed by atoms with Gasteiger partial charge in [-0.2, -0.15) is 0 Å². The van der Waals surface area contributed by atoms with Gasteiger partial charge in [-0.25, -0.2) is 17.1 Å². The Morgan fingerprint density at radius 3 is 2.50 bits per heavy atom. The minimum atomic E-state index is -3.67. The van der Waals surface area contributed by atoms with Crippen LogP contribution in [-0.2, 0) is 20.2 Å². The summed E-state index contributed by atoms with van der Waals surface area (Å²) in [5.74, 6) is 0.567. The molecule has 5 rings (SSSR count). The zero-order valence-electron chi connectivity index (χ0n) is 18.7. The van der Waals surface area contributed by atoms with Crippen molar-refractivity contribution in [2.75, 3.05) is 26.2 Å². The lowest BCUT2D eigenvalue weighted by atomic mass is 9.94. The van der Waals surface area contributed by atoms with Crippen LogP contribution in [0.5, 0.6) is 11.5 Å². The first-order chi connectivity index (χ1) is 16.2. The highest BCUT2D eigenvalue weighted by molar-refractivity contribution is 7.89. The summed E-state index contributed by atoms with van der Waals surface area (Å²) < 4.78 is 51.6. The Balaban J connectivity index is 1.42. The maximum absolute atomic E-state index is 14.7. The maximum atomic E-state index is 14.7. The Hall–Kier alpha value is -3.43. The molecule has 0 bridgehead atoms. The molecule has 1 aliphatic carbocycles. The van der Waals surface area contributed by atoms with Gasteiger partial charge in [-0.3, -0.25) is 4.79 Å². The molecule has 1 N–H and O–H groups in total. The van der Waals surface area contributed by atoms with Crippen LogP contribution in [0.2, 0.25) is 0 Å². The molecule has 0 spiro atoms. The number of rotatable bonds is 6. The zero-order chi connectivity index (χ0) is 24.1. The third-order valence-corrected chi connectivity index (χ3v) is 8.07. The molecule has 176 valence electrons. The lowest BCUT2D eigenvalue weighted by molar-refractivity contribution is -0.118. The van der Waals surface area contributed by atoms with E-state index in [9.17, 15) is 17.6 Å². The lowest BCUT2D eigenvalue weighted by Gasteiger charge is -2.17. The summed E-state index contributed by atoms with van der Waals surface area (Å²) in [6.45, 7) is 0.160. The number of carbonyl (C=O) groups is 1. The highest BCUT2D eigenvalue weighted by Gasteiger charge is 2.51. The second-order valence-electron chi connectivity index (χ2n) is 8.61. The van der Waals surface area contributed by atoms with Gasteiger partial charge >= 0.3 is 0 Å². The average Bonchev–Trinajstić information content (AvgIpc) is 3.51. The summed E-state index contributed by atoms with van der Waals surface area (Å²) in [5.41, 5.74) is 1.19. The largest absolute Gasteiger partial charge is 0.454 e. The van der Waals surface area contributed by atoms with Crippen LogP contribution in [0, 0.1) is 5.82 Å². The number of fused-ring (bicyclic) bond motifs is 1. The van der Waals surface area contributed by atoms with Crippen LogP contribution < -0.4 is 14.8 Å². The summed E-state index contributed by atoms with van der Waals surface area (Å²) >= 11 is 0. The van der Waals surface area contributed by atoms with E-state index in [1.807, 2.05) is 12.1 Å². The Labute approximate surface area is 197 Å². The van der Waals surface area contributed by atoms with Crippen molar-refractivity contribution in [3.05, 3.63) is 72.0 Å². The molecule has 0 saturated heterocycles. The normalized spacial score (nSPS) is 15.9. The van der Waals surface area contributed by atoms with E-state index in [0.29, 0.717) is 35.6 Å². The predicted molar refractivity (Wildman–Crippen MR) is 125 cm³/mol. The Morgan fingerprint density at radius 1 is 1.00 bits per heavy atom. The van der Waals surface area contributed by atoms with Gasteiger partial charge in [0.1, 0.15) is 5.82 Å². The zero-order valence-corrected chi connectivity index (χ0v) is 19.5. The lowest BCUT2D eigenvalue weighted by Crippen LogP contribution is -2.27. The van der Waals surface area contributed by atoms with Crippen LogP contribution in [0.15, 0.2) is 65.6 Å². The molecule has 0 unspecified atom stereocenters. The number of ether oxygens (including phenoxy) is 2. The number of hydrogen-bond donors (Lipinski definition) is 1. The van der Waals surface area contributed by atoms with Crippen molar-refractivity contribution in [1.29, 1.82) is 0 Å². The molecule has 9 heteroatoms. The van der Waals surface area contributed by atoms with Crippen molar-refractivity contribution in [3.8, 4) is 22.6 Å². The van der Waals surface area contributed by atoms with Gasteiger partial charge < -0.3 is 14.8 Å². The standard InChI is InChI=1S/C25H23FN2O5S/c1-28(2)34(30,31)19-5-3-4-16(12-19)20-14-18(7-8-21(20)26)27-24(29)25(10-11-25)17-6-9-22-23(13-17)33-15-32-22/h3-9,12-14H,10-11,15H2,1-2H3,(H,27,29). The fraction of sp³-hybridized carbons (Fsp3) is 0.240. The molecule has 1 amide bonds. The second kappa shape index (κ2) is 8.11. The third kappa shape index (κ3) is 3.80. The minimum Gasteiger partial charge on any atom is -0.454 e. The first kappa shape index (κ1) is 22.4. The smallest absolute Gasteiger partial charge is 0.242 e. The molecule has 1 saturated carbocycles. The molecule has 0 aromatic heterocycles. The number of halogens is 1. The summed E-state index contributed by atoms with van der Waals surface area (Å²) in [5, 5.41) is 2.91. The molecule has 7 nitrogen and oxygen atoms in total. The van der Waals surface area contributed by atoms with Gasteiger partial charge in [0.2, 0.25) is 22.7 Å². The minimum absolute atomic E-state index is 0.0589. The number of anilines is 1. The van der Waals surface area contributed by atoms with Crippen LogP contribution in [0.1, 0.15) is 18.4 Å². The molecule has 0 radical (unpaired) electrons. The van der Waals surface area contributed by atoms with E-state index in [2.05, 4.69) is 5.32 Å². The van der Waals surface area contributed by atoms with Crippen molar-refractivity contribution in [2.45, 2.75) is 23.2 Å². The Kier molecular flexibility index (Phi) is 5.33. The van der Waals surface area contributed by atoms with Crippen molar-refractivity contribution in [3.63, 3.8) is 0 Å². The topological polar surface area (TPSA) is 84.9 Å². The molecule has 3 aromatic rings. The molecular weight excluding hydrogens is 459 g/mol. The highest BCUT2D eigenvalue weighted by Crippen LogP contribution is 2.51. The molecule has 1 fully saturated rings. The van der Waals surface area contributed by atoms with Gasteiger partial charge in [-0.1, -0.05) is 18.2 Å². The predicted octanol–water partition coefficient (Wildman–Crippen LogP) is 4.14. The Bertz CT molecular complexity index is 1400. The Morgan fingerprint density at radius 2 is 1.76 bits per heavy atom. The highest BCUT2D eigenvalue weighted by atomic mass is 32.2. The third-order valence-electron chi connectivity index (χ3n) is 6.26. The van der Waals surface area contributed by atoms with Gasteiger partial charge in [-0.15, -0.1) is 0 Å². The van der Waals surface area contributed by atoms with Gasteiger partial charge in [0.15, 0.2) is 11.5 Å². The van der Waals surface area contributed by atoms with Crippen LogP contribution in [0.3, 0.4) is 0 Å². The van der Waals surface area contributed by atoms with E-state index in [1.165, 1.54) is 44.4 Å². The van der Waals surface area contributed by atoms with Crippen LogP contribution in [0.25, 0.3) is 11.1 Å². The van der Waals surface area contributed by atoms with Gasteiger partial charge in [-0.05, 0) is 66.4 Å². The quantitative estimate of drug-likeness (QED) is 0.571. The van der Waals surface area contributed by atoms with Crippen molar-refractivity contribution >= 4 is 21.6 Å². The van der Waals surface area contributed by atoms with E-state index < -0.39 is 21.3 Å². The summed E-state index contributed by atoms with van der Waals surface area (Å²) in [6.07, 6.45) is 1.38. The van der Waals surface area contributed by atoms with Gasteiger partial charge in [0, 0.05) is 25.3 Å². The van der Waals surface area contributed by atoms with Crippen LogP contribution in [0.4, 0.5) is 10.1 Å². The van der Waals surface area contributed by atoms with Crippen molar-refractivity contribution < 1.29 is 27.1 Å². The second-order valence-corrected chi connectivity index (χ2v) is 10.8. The van der Waals surface area contributed by atoms with Crippen molar-refractivity contribution in [1.82, 2.24) is 4.31 Å². The van der Waals surface area contributed by atoms with Gasteiger partial charge in [0.25, 0.3) is 0 Å². The van der Waals surface area contributed by atoms with E-state index in [4.69, 9.17) is 9.47 Å². The number of carbonyl (C=O) groups excluding carboxylic acids is 1. The molecular formula is C25H23FN2O5S. The monoisotopic (exact) mass is 482 g/mol. The summed E-state index contributed by atoms with van der Waals surface area (Å²) in [6, 6.07) is 15.9. The fourth-order valence-electron chi connectivity index (χ4n) is 4.08. The first-order valence-corrected chi connectivity index (χ1v) is 12.2.